The lowest BCUT2D eigenvalue weighted by Gasteiger charge is -2.36. The number of nitrogens with one attached hydrogen (secondary N) is 2. The monoisotopic (exact) mass is 766 g/mol. The van der Waals surface area contributed by atoms with Gasteiger partial charge in [-0.15, -0.1) is 0 Å². The molecule has 0 radical (unpaired) electrons. The molecule has 6 bridgehead atoms. The molecule has 2 aromatic heterocycles. The number of phenols is 1. The number of aromatic nitrogens is 2. The number of benzene rings is 2. The molecule has 3 N–H and O–H groups in total. The quantitative estimate of drug-likeness (QED) is 0.184. The van der Waals surface area contributed by atoms with Gasteiger partial charge in [0.05, 0.1) is 30.1 Å². The first-order valence-corrected chi connectivity index (χ1v) is 19.8. The maximum Gasteiger partial charge on any atom is 0.324 e. The molecule has 1 fully saturated rings. The molecule has 6 rings (SSSR count). The number of hydrogen-bond donors (Lipinski definition) is 3. The highest BCUT2D eigenvalue weighted by Gasteiger charge is 2.36. The first-order valence-electron chi connectivity index (χ1n) is 19.8. The van der Waals surface area contributed by atoms with E-state index >= 15 is 0 Å². The van der Waals surface area contributed by atoms with Crippen molar-refractivity contribution in [3.8, 4) is 28.1 Å². The van der Waals surface area contributed by atoms with Gasteiger partial charge in [-0.1, -0.05) is 39.8 Å². The van der Waals surface area contributed by atoms with Gasteiger partial charge in [-0.2, -0.15) is 0 Å². The highest BCUT2D eigenvalue weighted by atomic mass is 16.5. The first kappa shape index (κ1) is 40.9. The SMILES string of the molecule is CCn1c(-c2cccnc2C(C)OC)c2c3cc(ccc31)-c1cc(O)cc(c1)CC(NC(=O)C(C(C)C)N(C)C)C(=O)N1CCC[C@H](N1)C(=O)OCC(C)(C)C2. The second-order valence-electron chi connectivity index (χ2n) is 16.7. The number of cyclic esters (lactones) is 1. The predicted octanol–water partition coefficient (Wildman–Crippen LogP) is 6.04. The van der Waals surface area contributed by atoms with E-state index in [0.29, 0.717) is 37.9 Å². The normalized spacial score (nSPS) is 20.2. The van der Waals surface area contributed by atoms with Gasteiger partial charge in [0.15, 0.2) is 0 Å². The van der Waals surface area contributed by atoms with E-state index in [-0.39, 0.29) is 42.6 Å². The predicted molar refractivity (Wildman–Crippen MR) is 218 cm³/mol. The summed E-state index contributed by atoms with van der Waals surface area (Å²) in [6, 6.07) is 13.5. The maximum absolute atomic E-state index is 14.4. The number of likely N-dealkylation sites (N-methyl/N-ethyl adjacent to an activating group) is 1. The summed E-state index contributed by atoms with van der Waals surface area (Å²) < 4.78 is 14.2. The molecule has 300 valence electrons. The molecule has 0 aliphatic carbocycles. The van der Waals surface area contributed by atoms with Crippen molar-refractivity contribution < 1.29 is 29.0 Å². The van der Waals surface area contributed by atoms with Gasteiger partial charge in [0.1, 0.15) is 17.8 Å². The zero-order chi connectivity index (χ0) is 40.5. The number of phenolic OH excluding ortho intramolecular Hbond substituents is 1. The third-order valence-electron chi connectivity index (χ3n) is 11.1. The molecule has 4 heterocycles. The van der Waals surface area contributed by atoms with E-state index in [1.54, 1.807) is 25.4 Å². The Morgan fingerprint density at radius 2 is 1.89 bits per heavy atom. The molecular formula is C44H58N6O6. The Hall–Kier alpha value is -4.78. The number of hydrogen-bond acceptors (Lipinski definition) is 9. The Morgan fingerprint density at radius 3 is 2.59 bits per heavy atom. The van der Waals surface area contributed by atoms with Crippen LogP contribution in [0.5, 0.6) is 5.75 Å². The second-order valence-corrected chi connectivity index (χ2v) is 16.7. The van der Waals surface area contributed by atoms with Crippen LogP contribution < -0.4 is 10.7 Å². The van der Waals surface area contributed by atoms with Crippen LogP contribution in [0.25, 0.3) is 33.3 Å². The molecule has 4 atom stereocenters. The summed E-state index contributed by atoms with van der Waals surface area (Å²) in [5, 5.41) is 16.7. The Bertz CT molecular complexity index is 2080. The fraction of sp³-hybridized carbons (Fsp3) is 0.500. The number of carbonyl (C=O) groups is 3. The molecular weight excluding hydrogens is 709 g/mol. The molecule has 12 heteroatoms. The van der Waals surface area contributed by atoms with E-state index in [4.69, 9.17) is 14.5 Å². The van der Waals surface area contributed by atoms with Gasteiger partial charge < -0.3 is 24.5 Å². The van der Waals surface area contributed by atoms with Gasteiger partial charge in [-0.3, -0.25) is 29.3 Å². The molecule has 1 saturated heterocycles. The van der Waals surface area contributed by atoms with Gasteiger partial charge in [0, 0.05) is 54.7 Å². The van der Waals surface area contributed by atoms with Crippen LogP contribution in [0.3, 0.4) is 0 Å². The van der Waals surface area contributed by atoms with E-state index < -0.39 is 29.5 Å². The van der Waals surface area contributed by atoms with E-state index in [1.165, 1.54) is 5.01 Å². The summed E-state index contributed by atoms with van der Waals surface area (Å²) in [4.78, 5) is 48.5. The number of carbonyl (C=O) groups excluding carboxylic acids is 3. The minimum Gasteiger partial charge on any atom is -0.508 e. The standard InChI is InChI=1S/C44H58N6O6/c1-10-49-37-16-15-29-23-33(37)34(40(49)32-13-11-17-45-38(32)27(4)55-9)24-44(5,6)25-56-43(54)35-14-12-18-50(47-35)42(53)36(21-28-19-30(29)22-31(51)20-28)46-41(52)39(26(2)3)48(7)8/h11,13,15-17,19-20,22-23,26-27,35-36,39,47,51H,10,12,14,18,21,24-25H2,1-9H3,(H,46,52)/t27?,35-,36?,39?/m0/s1. The Kier molecular flexibility index (Phi) is 12.2. The third-order valence-corrected chi connectivity index (χ3v) is 11.1. The Balaban J connectivity index is 1.54. The van der Waals surface area contributed by atoms with Crippen molar-refractivity contribution in [2.24, 2.45) is 11.3 Å². The molecule has 3 unspecified atom stereocenters. The number of fused-ring (bicyclic) bond motifs is 6. The topological polar surface area (TPSA) is 138 Å². The van der Waals surface area contributed by atoms with Crippen LogP contribution in [0, 0.1) is 11.3 Å². The number of aryl methyl sites for hydroxylation is 1. The van der Waals surface area contributed by atoms with Crippen molar-refractivity contribution >= 4 is 28.7 Å². The number of ether oxygens (including phenoxy) is 2. The summed E-state index contributed by atoms with van der Waals surface area (Å²) in [6.45, 7) is 13.5. The highest BCUT2D eigenvalue weighted by Crippen LogP contribution is 2.42. The molecule has 56 heavy (non-hydrogen) atoms. The van der Waals surface area contributed by atoms with E-state index in [0.717, 1.165) is 44.5 Å². The number of hydrazine groups is 1. The minimum absolute atomic E-state index is 0.0146. The first-order chi connectivity index (χ1) is 26.6. The summed E-state index contributed by atoms with van der Waals surface area (Å²) in [7, 11) is 5.37. The zero-order valence-electron chi connectivity index (χ0n) is 34.3. The smallest absolute Gasteiger partial charge is 0.324 e. The number of aromatic hydroxyl groups is 1. The average Bonchev–Trinajstić information content (AvgIpc) is 3.46. The van der Waals surface area contributed by atoms with Gasteiger partial charge >= 0.3 is 5.97 Å². The highest BCUT2D eigenvalue weighted by molar-refractivity contribution is 5.95. The summed E-state index contributed by atoms with van der Waals surface area (Å²) >= 11 is 0. The van der Waals surface area contributed by atoms with Crippen LogP contribution >= 0.6 is 0 Å². The van der Waals surface area contributed by atoms with Gasteiger partial charge in [0.25, 0.3) is 5.91 Å². The zero-order valence-corrected chi connectivity index (χ0v) is 34.3. The molecule has 0 saturated carbocycles. The van der Waals surface area contributed by atoms with Gasteiger partial charge in [-0.05, 0) is 112 Å². The van der Waals surface area contributed by atoms with Crippen LogP contribution in [0.15, 0.2) is 54.7 Å². The Labute approximate surface area is 330 Å². The summed E-state index contributed by atoms with van der Waals surface area (Å²) in [6.07, 6.45) is 3.33. The van der Waals surface area contributed by atoms with Crippen molar-refractivity contribution in [2.45, 2.75) is 98.0 Å². The molecule has 12 nitrogen and oxygen atoms in total. The van der Waals surface area contributed by atoms with Crippen molar-refractivity contribution in [1.82, 2.24) is 30.2 Å². The lowest BCUT2D eigenvalue weighted by molar-refractivity contribution is -0.155. The van der Waals surface area contributed by atoms with Crippen LogP contribution in [0.4, 0.5) is 0 Å². The fourth-order valence-electron chi connectivity index (χ4n) is 8.46. The summed E-state index contributed by atoms with van der Waals surface area (Å²) in [5.41, 5.74) is 9.99. The number of methoxy groups -OCH3 is 1. The van der Waals surface area contributed by atoms with E-state index in [1.807, 2.05) is 51.9 Å². The molecule has 0 spiro atoms. The van der Waals surface area contributed by atoms with Crippen molar-refractivity contribution in [1.29, 1.82) is 0 Å². The van der Waals surface area contributed by atoms with Crippen LogP contribution in [0.2, 0.25) is 0 Å². The maximum atomic E-state index is 14.4. The third kappa shape index (κ3) is 8.47. The van der Waals surface area contributed by atoms with Crippen LogP contribution in [0.1, 0.15) is 77.3 Å². The largest absolute Gasteiger partial charge is 0.508 e. The number of pyridine rings is 1. The van der Waals surface area contributed by atoms with Crippen molar-refractivity contribution in [3.63, 3.8) is 0 Å². The minimum atomic E-state index is -0.975. The van der Waals surface area contributed by atoms with Gasteiger partial charge in [0.2, 0.25) is 5.91 Å². The fourth-order valence-corrected chi connectivity index (χ4v) is 8.46. The average molecular weight is 767 g/mol. The lowest BCUT2D eigenvalue weighted by Crippen LogP contribution is -2.61. The molecule has 2 aliphatic rings. The number of amides is 2. The van der Waals surface area contributed by atoms with Crippen molar-refractivity contribution in [3.05, 3.63) is 71.5 Å². The van der Waals surface area contributed by atoms with Crippen molar-refractivity contribution in [2.75, 3.05) is 34.4 Å². The van der Waals surface area contributed by atoms with E-state index in [2.05, 4.69) is 60.3 Å². The number of nitrogens with zero attached hydrogens (tertiary/aromatic N) is 4. The lowest BCUT2D eigenvalue weighted by atomic mass is 9.84. The molecule has 2 aromatic carbocycles. The molecule has 2 aliphatic heterocycles. The number of rotatable bonds is 8. The van der Waals surface area contributed by atoms with Crippen LogP contribution in [-0.4, -0.2) is 94.8 Å². The van der Waals surface area contributed by atoms with Crippen LogP contribution in [-0.2, 0) is 43.2 Å². The van der Waals surface area contributed by atoms with E-state index in [9.17, 15) is 19.5 Å². The summed E-state index contributed by atoms with van der Waals surface area (Å²) in [5.74, 6) is -1.02. The molecule has 4 aromatic rings. The second kappa shape index (κ2) is 16.8. The molecule has 2 amide bonds. The van der Waals surface area contributed by atoms with Gasteiger partial charge in [-0.25, -0.2) is 5.43 Å². The number of esters is 1. The Morgan fingerprint density at radius 1 is 1.12 bits per heavy atom.